The highest BCUT2D eigenvalue weighted by molar-refractivity contribution is 7.86. The zero-order valence-electron chi connectivity index (χ0n) is 12.6. The predicted molar refractivity (Wildman–Crippen MR) is 84.4 cm³/mol. The lowest BCUT2D eigenvalue weighted by atomic mass is 10.2. The van der Waals surface area contributed by atoms with E-state index in [1.807, 2.05) is 42.5 Å². The number of rotatable bonds is 4. The first-order valence-electron chi connectivity index (χ1n) is 6.59. The summed E-state index contributed by atoms with van der Waals surface area (Å²) in [7, 11) is -4.17. The maximum Gasteiger partial charge on any atom is 0.522 e. The van der Waals surface area contributed by atoms with E-state index in [0.29, 0.717) is 0 Å². The van der Waals surface area contributed by atoms with Gasteiger partial charge in [0.2, 0.25) is 0 Å². The largest absolute Gasteiger partial charge is 0.522 e. The summed E-state index contributed by atoms with van der Waals surface area (Å²) in [5.41, 5.74) is -3.16. The van der Waals surface area contributed by atoms with Gasteiger partial charge in [-0.1, -0.05) is 30.3 Å². The van der Waals surface area contributed by atoms with Crippen LogP contribution < -0.4 is 10.1 Å². The minimum Gasteiger partial charge on any atom is -0.497 e. The Morgan fingerprint density at radius 3 is 1.96 bits per heavy atom. The molecule has 5 nitrogen and oxygen atoms in total. The lowest BCUT2D eigenvalue weighted by Crippen LogP contribution is -2.21. The Morgan fingerprint density at radius 2 is 1.54 bits per heavy atom. The molecule has 0 radical (unpaired) electrons. The van der Waals surface area contributed by atoms with Gasteiger partial charge in [0.15, 0.2) is 0 Å². The Balaban J connectivity index is 0.000000307. The van der Waals surface area contributed by atoms with Crippen LogP contribution in [0.4, 0.5) is 18.9 Å². The third kappa shape index (κ3) is 6.88. The number of hydrogen-bond donors (Lipinski definition) is 2. The Morgan fingerprint density at radius 1 is 1.04 bits per heavy atom. The number of methoxy groups -OCH3 is 1. The van der Waals surface area contributed by atoms with Crippen molar-refractivity contribution in [1.29, 1.82) is 0 Å². The lowest BCUT2D eigenvalue weighted by molar-refractivity contribution is -0.0510. The molecule has 0 unspecified atom stereocenters. The number of hydrogen-bond acceptors (Lipinski definition) is 4. The quantitative estimate of drug-likeness (QED) is 0.640. The maximum absolute atomic E-state index is 10.7. The van der Waals surface area contributed by atoms with Crippen molar-refractivity contribution in [2.75, 3.05) is 12.4 Å². The van der Waals surface area contributed by atoms with Crippen molar-refractivity contribution in [3.63, 3.8) is 0 Å². The van der Waals surface area contributed by atoms with Crippen molar-refractivity contribution in [3.05, 3.63) is 60.2 Å². The summed E-state index contributed by atoms with van der Waals surface area (Å²) in [5, 5.41) is 3.36. The highest BCUT2D eigenvalue weighted by Gasteiger charge is 2.44. The van der Waals surface area contributed by atoms with Gasteiger partial charge in [0.25, 0.3) is 0 Å². The van der Waals surface area contributed by atoms with Gasteiger partial charge in [0.05, 0.1) is 7.11 Å². The van der Waals surface area contributed by atoms with E-state index in [1.165, 1.54) is 5.56 Å². The van der Waals surface area contributed by atoms with E-state index < -0.39 is 15.6 Å². The summed E-state index contributed by atoms with van der Waals surface area (Å²) in [6.45, 7) is 0.840. The van der Waals surface area contributed by atoms with E-state index in [4.69, 9.17) is 17.7 Å². The second-order valence-corrected chi connectivity index (χ2v) is 5.90. The third-order valence-electron chi connectivity index (χ3n) is 2.72. The standard InChI is InChI=1S/C14H15NO.CHF3O3S/c1-16-14-9-7-13(8-10-14)15-11-12-5-3-2-4-6-12;2-1(3,4)8(5,6)7/h2-10,15H,11H2,1H3;(H,5,6,7). The second kappa shape index (κ2) is 8.55. The number of halogens is 3. The molecule has 0 atom stereocenters. The van der Waals surface area contributed by atoms with Crippen LogP contribution in [0.1, 0.15) is 5.56 Å². The van der Waals surface area contributed by atoms with E-state index in [-0.39, 0.29) is 0 Å². The van der Waals surface area contributed by atoms with Gasteiger partial charge >= 0.3 is 15.6 Å². The first-order valence-corrected chi connectivity index (χ1v) is 8.03. The molecular weight excluding hydrogens is 347 g/mol. The molecule has 0 amide bonds. The van der Waals surface area contributed by atoms with Crippen molar-refractivity contribution in [2.24, 2.45) is 0 Å². The molecule has 132 valence electrons. The topological polar surface area (TPSA) is 75.6 Å². The molecule has 0 aliphatic heterocycles. The fourth-order valence-electron chi connectivity index (χ4n) is 1.51. The number of benzene rings is 2. The average Bonchev–Trinajstić information content (AvgIpc) is 2.53. The fourth-order valence-corrected chi connectivity index (χ4v) is 1.51. The Hall–Kier alpha value is -2.26. The maximum atomic E-state index is 10.7. The van der Waals surface area contributed by atoms with Crippen LogP contribution in [-0.2, 0) is 16.7 Å². The van der Waals surface area contributed by atoms with Gasteiger partial charge in [-0.15, -0.1) is 0 Å². The van der Waals surface area contributed by atoms with E-state index in [9.17, 15) is 13.2 Å². The molecule has 9 heteroatoms. The summed E-state index contributed by atoms with van der Waals surface area (Å²) >= 11 is 0. The average molecular weight is 363 g/mol. The summed E-state index contributed by atoms with van der Waals surface area (Å²) < 4.78 is 62.6. The Bertz CT molecular complexity index is 717. The van der Waals surface area contributed by atoms with Crippen molar-refractivity contribution in [1.82, 2.24) is 0 Å². The van der Waals surface area contributed by atoms with Gasteiger partial charge in [-0.3, -0.25) is 4.55 Å². The van der Waals surface area contributed by atoms with Crippen molar-refractivity contribution >= 4 is 15.8 Å². The summed E-state index contributed by atoms with van der Waals surface area (Å²) in [4.78, 5) is 0. The molecule has 2 N–H and O–H groups in total. The molecule has 0 bridgehead atoms. The van der Waals surface area contributed by atoms with Gasteiger partial charge in [-0.05, 0) is 29.8 Å². The van der Waals surface area contributed by atoms with Gasteiger partial charge in [-0.2, -0.15) is 21.6 Å². The van der Waals surface area contributed by atoms with Crippen LogP contribution in [0, 0.1) is 0 Å². The van der Waals surface area contributed by atoms with Gasteiger partial charge in [0, 0.05) is 12.2 Å². The smallest absolute Gasteiger partial charge is 0.497 e. The predicted octanol–water partition coefficient (Wildman–Crippen LogP) is 3.70. The minimum atomic E-state index is -5.84. The lowest BCUT2D eigenvalue weighted by Gasteiger charge is -2.07. The van der Waals surface area contributed by atoms with Crippen LogP contribution in [-0.4, -0.2) is 25.6 Å². The zero-order valence-corrected chi connectivity index (χ0v) is 13.4. The molecule has 0 aromatic heterocycles. The molecule has 0 aliphatic rings. The summed E-state index contributed by atoms with van der Waals surface area (Å²) in [5.74, 6) is 0.880. The molecule has 0 saturated carbocycles. The Kier molecular flexibility index (Phi) is 7.05. The van der Waals surface area contributed by atoms with Crippen molar-refractivity contribution < 1.29 is 30.9 Å². The monoisotopic (exact) mass is 363 g/mol. The normalized spacial score (nSPS) is 11.2. The first-order chi connectivity index (χ1) is 11.1. The zero-order chi connectivity index (χ0) is 18.2. The van der Waals surface area contributed by atoms with Crippen LogP contribution >= 0.6 is 0 Å². The first kappa shape index (κ1) is 19.8. The summed E-state index contributed by atoms with van der Waals surface area (Å²) in [6, 6.07) is 18.3. The van der Waals surface area contributed by atoms with E-state index >= 15 is 0 Å². The van der Waals surface area contributed by atoms with Crippen molar-refractivity contribution in [2.45, 2.75) is 12.1 Å². The van der Waals surface area contributed by atoms with Gasteiger partial charge in [0.1, 0.15) is 5.75 Å². The molecule has 0 fully saturated rings. The highest BCUT2D eigenvalue weighted by atomic mass is 32.2. The van der Waals surface area contributed by atoms with Crippen molar-refractivity contribution in [3.8, 4) is 5.75 Å². The second-order valence-electron chi connectivity index (χ2n) is 4.49. The molecule has 2 aromatic rings. The van der Waals surface area contributed by atoms with Crippen LogP contribution in [0.3, 0.4) is 0 Å². The molecule has 0 aliphatic carbocycles. The van der Waals surface area contributed by atoms with E-state index in [0.717, 1.165) is 18.0 Å². The van der Waals surface area contributed by atoms with E-state index in [2.05, 4.69) is 17.4 Å². The molecule has 2 rings (SSSR count). The molecular formula is C15H16F3NO4S. The number of nitrogens with one attached hydrogen (secondary N) is 1. The minimum absolute atomic E-state index is 0.840. The van der Waals surface area contributed by atoms with Crippen LogP contribution in [0.2, 0.25) is 0 Å². The molecule has 0 saturated heterocycles. The van der Waals surface area contributed by atoms with Gasteiger partial charge in [-0.25, -0.2) is 0 Å². The number of anilines is 1. The SMILES string of the molecule is COc1ccc(NCc2ccccc2)cc1.O=S(=O)(O)C(F)(F)F. The van der Waals surface area contributed by atoms with Crippen LogP contribution in [0.25, 0.3) is 0 Å². The van der Waals surface area contributed by atoms with Gasteiger partial charge < -0.3 is 10.1 Å². The fraction of sp³-hybridized carbons (Fsp3) is 0.200. The molecule has 0 heterocycles. The molecule has 2 aromatic carbocycles. The Labute approximate surface area is 137 Å². The molecule has 0 spiro atoms. The number of alkyl halides is 3. The molecule has 24 heavy (non-hydrogen) atoms. The summed E-state index contributed by atoms with van der Waals surface area (Å²) in [6.07, 6.45) is 0. The highest BCUT2D eigenvalue weighted by Crippen LogP contribution is 2.20. The van der Waals surface area contributed by atoms with Crippen LogP contribution in [0.15, 0.2) is 54.6 Å². The van der Waals surface area contributed by atoms with Crippen LogP contribution in [0.5, 0.6) is 5.75 Å². The third-order valence-corrected chi connectivity index (χ3v) is 3.31. The number of ether oxygens (including phenoxy) is 1. The van der Waals surface area contributed by atoms with E-state index in [1.54, 1.807) is 7.11 Å².